The zero-order valence-corrected chi connectivity index (χ0v) is 11.4. The van der Waals surface area contributed by atoms with Gasteiger partial charge in [0.15, 0.2) is 0 Å². The molecule has 0 radical (unpaired) electrons. The Hall–Kier alpha value is -1.20. The van der Waals surface area contributed by atoms with E-state index in [4.69, 9.17) is 10.5 Å². The number of nitrogens with two attached hydrogens (primary N) is 1. The monoisotopic (exact) mass is 307 g/mol. The molecular weight excluding hydrogens is 294 g/mol. The van der Waals surface area contributed by atoms with Crippen molar-refractivity contribution in [2.24, 2.45) is 5.73 Å². The van der Waals surface area contributed by atoms with Crippen LogP contribution in [0.4, 0.5) is 0 Å². The molecule has 0 aliphatic heterocycles. The van der Waals surface area contributed by atoms with E-state index in [1.54, 1.807) is 12.4 Å². The minimum absolute atomic E-state index is 0.0982. The van der Waals surface area contributed by atoms with Gasteiger partial charge in [0.05, 0.1) is 5.52 Å². The van der Waals surface area contributed by atoms with Crippen LogP contribution in [0, 0.1) is 0 Å². The molecule has 4 nitrogen and oxygen atoms in total. The Labute approximate surface area is 114 Å². The van der Waals surface area contributed by atoms with Crippen molar-refractivity contribution in [3.8, 4) is 5.75 Å². The Bertz CT molecular complexity index is 575. The zero-order valence-electron chi connectivity index (χ0n) is 9.84. The summed E-state index contributed by atoms with van der Waals surface area (Å²) in [4.78, 5) is 8.67. The van der Waals surface area contributed by atoms with Crippen LogP contribution in [-0.2, 0) is 0 Å². The first-order valence-corrected chi connectivity index (χ1v) is 6.86. The second kappa shape index (κ2) is 4.82. The molecule has 2 unspecified atom stereocenters. The molecule has 1 aliphatic carbocycles. The second-order valence-corrected chi connectivity index (χ2v) is 5.50. The summed E-state index contributed by atoms with van der Waals surface area (Å²) in [6.07, 6.45) is 6.78. The van der Waals surface area contributed by atoms with E-state index in [1.165, 1.54) is 0 Å². The first-order valence-electron chi connectivity index (χ1n) is 6.06. The van der Waals surface area contributed by atoms with Crippen molar-refractivity contribution in [2.45, 2.75) is 31.4 Å². The van der Waals surface area contributed by atoms with E-state index in [1.807, 2.05) is 12.1 Å². The maximum atomic E-state index is 6.03. The minimum Gasteiger partial charge on any atom is -0.486 e. The maximum absolute atomic E-state index is 6.03. The number of aromatic nitrogens is 2. The Morgan fingerprint density at radius 3 is 3.00 bits per heavy atom. The number of halogens is 1. The Morgan fingerprint density at radius 1 is 1.33 bits per heavy atom. The van der Waals surface area contributed by atoms with E-state index in [2.05, 4.69) is 25.9 Å². The summed E-state index contributed by atoms with van der Waals surface area (Å²) >= 11 is 3.39. The molecule has 1 fully saturated rings. The Balaban J connectivity index is 1.96. The highest BCUT2D eigenvalue weighted by atomic mass is 79.9. The van der Waals surface area contributed by atoms with Crippen molar-refractivity contribution >= 4 is 27.0 Å². The van der Waals surface area contributed by atoms with Crippen LogP contribution in [-0.4, -0.2) is 22.1 Å². The van der Waals surface area contributed by atoms with Gasteiger partial charge >= 0.3 is 0 Å². The summed E-state index contributed by atoms with van der Waals surface area (Å²) in [5.74, 6) is 0.773. The van der Waals surface area contributed by atoms with E-state index in [0.717, 1.165) is 40.5 Å². The van der Waals surface area contributed by atoms with Crippen LogP contribution >= 0.6 is 15.9 Å². The Morgan fingerprint density at radius 2 is 2.22 bits per heavy atom. The van der Waals surface area contributed by atoms with Gasteiger partial charge in [-0.3, -0.25) is 4.98 Å². The lowest BCUT2D eigenvalue weighted by atomic mass is 10.2. The predicted octanol–water partition coefficient (Wildman–Crippen LogP) is 2.65. The van der Waals surface area contributed by atoms with Gasteiger partial charge in [-0.1, -0.05) is 0 Å². The van der Waals surface area contributed by atoms with Crippen LogP contribution in [0.5, 0.6) is 5.75 Å². The van der Waals surface area contributed by atoms with E-state index in [9.17, 15) is 0 Å². The van der Waals surface area contributed by atoms with Crippen molar-refractivity contribution < 1.29 is 4.74 Å². The Kier molecular flexibility index (Phi) is 3.18. The lowest BCUT2D eigenvalue weighted by molar-refractivity contribution is 0.194. The molecule has 94 valence electrons. The molecule has 18 heavy (non-hydrogen) atoms. The third kappa shape index (κ3) is 2.20. The zero-order chi connectivity index (χ0) is 12.5. The fourth-order valence-electron chi connectivity index (χ4n) is 2.34. The third-order valence-corrected chi connectivity index (χ3v) is 3.72. The van der Waals surface area contributed by atoms with E-state index in [-0.39, 0.29) is 12.1 Å². The van der Waals surface area contributed by atoms with E-state index < -0.39 is 0 Å². The molecular formula is C13H14BrN3O. The van der Waals surface area contributed by atoms with Crippen molar-refractivity contribution in [1.82, 2.24) is 9.97 Å². The molecule has 2 atom stereocenters. The molecule has 0 amide bonds. The lowest BCUT2D eigenvalue weighted by Gasteiger charge is -2.18. The number of ether oxygens (including phenoxy) is 1. The van der Waals surface area contributed by atoms with Crippen LogP contribution < -0.4 is 10.5 Å². The first kappa shape index (κ1) is 11.9. The van der Waals surface area contributed by atoms with Gasteiger partial charge in [-0.2, -0.15) is 0 Å². The molecule has 1 aliphatic rings. The standard InChI is InChI=1S/C13H14BrN3O/c14-8-6-10-13(17-7-8)12(4-5-16-10)18-11-3-1-2-9(11)15/h4-7,9,11H,1-3,15H2. The second-order valence-electron chi connectivity index (χ2n) is 4.58. The molecule has 1 saturated carbocycles. The van der Waals surface area contributed by atoms with Crippen LogP contribution in [0.1, 0.15) is 19.3 Å². The average Bonchev–Trinajstić information content (AvgIpc) is 2.75. The van der Waals surface area contributed by atoms with Crippen LogP contribution in [0.25, 0.3) is 11.0 Å². The average molecular weight is 308 g/mol. The summed E-state index contributed by atoms with van der Waals surface area (Å²) in [5, 5.41) is 0. The maximum Gasteiger partial charge on any atom is 0.149 e. The molecule has 5 heteroatoms. The molecule has 3 rings (SSSR count). The van der Waals surface area contributed by atoms with Crippen molar-refractivity contribution in [1.29, 1.82) is 0 Å². The number of pyridine rings is 2. The van der Waals surface area contributed by atoms with Crippen LogP contribution in [0.3, 0.4) is 0 Å². The number of fused-ring (bicyclic) bond motifs is 1. The fourth-order valence-corrected chi connectivity index (χ4v) is 2.66. The van der Waals surface area contributed by atoms with Gasteiger partial charge in [0.2, 0.25) is 0 Å². The molecule has 2 aromatic heterocycles. The van der Waals surface area contributed by atoms with Crippen LogP contribution in [0.15, 0.2) is 29.0 Å². The quantitative estimate of drug-likeness (QED) is 0.926. The molecule has 0 spiro atoms. The van der Waals surface area contributed by atoms with E-state index in [0.29, 0.717) is 0 Å². The highest BCUT2D eigenvalue weighted by Gasteiger charge is 2.26. The van der Waals surface area contributed by atoms with Gasteiger partial charge in [-0.05, 0) is 41.3 Å². The molecule has 2 aromatic rings. The summed E-state index contributed by atoms with van der Waals surface area (Å²) in [6, 6.07) is 3.92. The highest BCUT2D eigenvalue weighted by Crippen LogP contribution is 2.28. The van der Waals surface area contributed by atoms with Gasteiger partial charge in [-0.25, -0.2) is 4.98 Å². The van der Waals surface area contributed by atoms with Crippen molar-refractivity contribution in [2.75, 3.05) is 0 Å². The SMILES string of the molecule is NC1CCCC1Oc1ccnc2cc(Br)cnc12. The van der Waals surface area contributed by atoms with Crippen molar-refractivity contribution in [3.63, 3.8) is 0 Å². The highest BCUT2D eigenvalue weighted by molar-refractivity contribution is 9.10. The van der Waals surface area contributed by atoms with Gasteiger partial charge in [0, 0.05) is 29.0 Å². The van der Waals surface area contributed by atoms with Gasteiger partial charge in [-0.15, -0.1) is 0 Å². The molecule has 0 bridgehead atoms. The molecule has 2 heterocycles. The number of rotatable bonds is 2. The van der Waals surface area contributed by atoms with Gasteiger partial charge < -0.3 is 10.5 Å². The summed E-state index contributed by atoms with van der Waals surface area (Å²) < 4.78 is 6.91. The third-order valence-electron chi connectivity index (χ3n) is 3.29. The smallest absolute Gasteiger partial charge is 0.149 e. The number of hydrogen-bond donors (Lipinski definition) is 1. The minimum atomic E-state index is 0.0982. The predicted molar refractivity (Wildman–Crippen MR) is 73.5 cm³/mol. The number of nitrogens with zero attached hydrogens (tertiary/aromatic N) is 2. The summed E-state index contributed by atoms with van der Waals surface area (Å²) in [7, 11) is 0. The summed E-state index contributed by atoms with van der Waals surface area (Å²) in [5.41, 5.74) is 7.65. The van der Waals surface area contributed by atoms with Crippen LogP contribution in [0.2, 0.25) is 0 Å². The largest absolute Gasteiger partial charge is 0.486 e. The number of hydrogen-bond acceptors (Lipinski definition) is 4. The molecule has 0 saturated heterocycles. The molecule has 2 N–H and O–H groups in total. The summed E-state index contributed by atoms with van der Waals surface area (Å²) in [6.45, 7) is 0. The topological polar surface area (TPSA) is 61.0 Å². The molecule has 0 aromatic carbocycles. The van der Waals surface area contributed by atoms with Gasteiger partial charge in [0.25, 0.3) is 0 Å². The lowest BCUT2D eigenvalue weighted by Crippen LogP contribution is -2.33. The van der Waals surface area contributed by atoms with Gasteiger partial charge in [0.1, 0.15) is 17.4 Å². The fraction of sp³-hybridized carbons (Fsp3) is 0.385. The van der Waals surface area contributed by atoms with Crippen molar-refractivity contribution in [3.05, 3.63) is 29.0 Å². The van der Waals surface area contributed by atoms with E-state index >= 15 is 0 Å². The normalized spacial score (nSPS) is 23.4. The first-order chi connectivity index (χ1) is 8.74.